The van der Waals surface area contributed by atoms with E-state index in [1.807, 2.05) is 10.6 Å². The molecule has 19 heteroatoms. The molecule has 0 aliphatic carbocycles. The zero-order chi connectivity index (χ0) is 31.7. The number of nitrogens with one attached hydrogen (secondary N) is 5. The van der Waals surface area contributed by atoms with E-state index in [4.69, 9.17) is 21.7 Å². The van der Waals surface area contributed by atoms with Crippen LogP contribution in [-0.4, -0.2) is 118 Å². The summed E-state index contributed by atoms with van der Waals surface area (Å²) >= 11 is 0. The number of nitrogens with two attached hydrogens (primary N) is 2. The second-order valence-corrected chi connectivity index (χ2v) is 8.81. The van der Waals surface area contributed by atoms with Crippen molar-refractivity contribution >= 4 is 47.4 Å². The fourth-order valence-electron chi connectivity index (χ4n) is 3.10. The summed E-state index contributed by atoms with van der Waals surface area (Å²) in [5, 5.41) is 47.2. The molecular weight excluding hydrogens is 554 g/mol. The summed E-state index contributed by atoms with van der Waals surface area (Å²) in [4.78, 5) is 95.2. The SMILES string of the molecule is C[C@@H](N)C(=O)N[C@@H](CC(=O)O)C(=O)N[C@@H](CO)C(=O)N[C@@H](CC(=O)O)C(=O)NCC(=O)N[C@@H](CCCCN)C(=O)O. The summed E-state index contributed by atoms with van der Waals surface area (Å²) in [5.74, 6) is -9.80. The lowest BCUT2D eigenvalue weighted by molar-refractivity contribution is -0.143. The van der Waals surface area contributed by atoms with Crippen molar-refractivity contribution in [1.82, 2.24) is 26.6 Å². The van der Waals surface area contributed by atoms with Crippen LogP contribution < -0.4 is 38.1 Å². The molecule has 0 aromatic heterocycles. The minimum Gasteiger partial charge on any atom is -0.481 e. The topological polar surface area (TPSA) is 330 Å². The van der Waals surface area contributed by atoms with Crippen LogP contribution in [0.5, 0.6) is 0 Å². The Morgan fingerprint density at radius 2 is 1.17 bits per heavy atom. The number of aliphatic hydroxyl groups is 1. The lowest BCUT2D eigenvalue weighted by Gasteiger charge is -2.23. The number of carbonyl (C=O) groups excluding carboxylic acids is 5. The highest BCUT2D eigenvalue weighted by Gasteiger charge is 2.32. The normalized spacial score (nSPS) is 14.2. The minimum absolute atomic E-state index is 0.0699. The van der Waals surface area contributed by atoms with E-state index in [2.05, 4.69) is 16.0 Å². The lowest BCUT2D eigenvalue weighted by atomic mass is 10.1. The summed E-state index contributed by atoms with van der Waals surface area (Å²) in [7, 11) is 0. The van der Waals surface area contributed by atoms with Gasteiger partial charge in [0.25, 0.3) is 0 Å². The lowest BCUT2D eigenvalue weighted by Crippen LogP contribution is -2.59. The van der Waals surface area contributed by atoms with E-state index in [0.717, 1.165) is 0 Å². The quantitative estimate of drug-likeness (QED) is 0.0589. The molecule has 0 aliphatic heterocycles. The van der Waals surface area contributed by atoms with E-state index in [-0.39, 0.29) is 6.42 Å². The van der Waals surface area contributed by atoms with Crippen LogP contribution in [0, 0.1) is 0 Å². The molecule has 5 atom stereocenters. The van der Waals surface area contributed by atoms with Gasteiger partial charge in [0.2, 0.25) is 29.5 Å². The number of rotatable bonds is 20. The van der Waals surface area contributed by atoms with Crippen LogP contribution in [-0.2, 0) is 38.4 Å². The fourth-order valence-corrected chi connectivity index (χ4v) is 3.10. The van der Waals surface area contributed by atoms with Gasteiger partial charge in [-0.2, -0.15) is 0 Å². The Bertz CT molecular complexity index is 975. The number of carboxylic acids is 3. The second kappa shape index (κ2) is 18.8. The van der Waals surface area contributed by atoms with E-state index in [1.54, 1.807) is 0 Å². The van der Waals surface area contributed by atoms with Crippen LogP contribution in [0.2, 0.25) is 0 Å². The molecule has 0 saturated heterocycles. The van der Waals surface area contributed by atoms with E-state index >= 15 is 0 Å². The average Bonchev–Trinajstić information content (AvgIpc) is 2.87. The molecule has 41 heavy (non-hydrogen) atoms. The third-order valence-corrected chi connectivity index (χ3v) is 5.26. The number of amides is 5. The Kier molecular flexibility index (Phi) is 16.8. The summed E-state index contributed by atoms with van der Waals surface area (Å²) in [5.41, 5.74) is 10.7. The average molecular weight is 592 g/mol. The summed E-state index contributed by atoms with van der Waals surface area (Å²) in [6.07, 6.45) is -0.907. The van der Waals surface area contributed by atoms with E-state index in [0.29, 0.717) is 19.4 Å². The molecule has 0 unspecified atom stereocenters. The van der Waals surface area contributed by atoms with Gasteiger partial charge in [0, 0.05) is 0 Å². The number of hydrogen-bond acceptors (Lipinski definition) is 11. The summed E-state index contributed by atoms with van der Waals surface area (Å²) in [6, 6.07) is -7.71. The van der Waals surface area contributed by atoms with Gasteiger partial charge in [-0.3, -0.25) is 33.6 Å². The monoisotopic (exact) mass is 591 g/mol. The molecule has 232 valence electrons. The summed E-state index contributed by atoms with van der Waals surface area (Å²) in [6.45, 7) is -0.272. The highest BCUT2D eigenvalue weighted by Crippen LogP contribution is 2.01. The van der Waals surface area contributed by atoms with Gasteiger partial charge < -0.3 is 58.5 Å². The molecule has 5 amide bonds. The number of hydrogen-bond donors (Lipinski definition) is 11. The largest absolute Gasteiger partial charge is 0.481 e. The van der Waals surface area contributed by atoms with Crippen molar-refractivity contribution in [3.8, 4) is 0 Å². The second-order valence-electron chi connectivity index (χ2n) is 8.81. The Balaban J connectivity index is 5.36. The first kappa shape index (κ1) is 36.6. The third-order valence-electron chi connectivity index (χ3n) is 5.26. The molecule has 0 heterocycles. The van der Waals surface area contributed by atoms with Crippen molar-refractivity contribution < 1.29 is 58.8 Å². The molecule has 0 bridgehead atoms. The Morgan fingerprint density at radius 3 is 1.63 bits per heavy atom. The van der Waals surface area contributed by atoms with Crippen LogP contribution >= 0.6 is 0 Å². The molecule has 0 aromatic rings. The van der Waals surface area contributed by atoms with Gasteiger partial charge in [-0.15, -0.1) is 0 Å². The number of aliphatic hydroxyl groups excluding tert-OH is 1. The van der Waals surface area contributed by atoms with Gasteiger partial charge in [0.05, 0.1) is 32.0 Å². The maximum absolute atomic E-state index is 12.6. The maximum atomic E-state index is 12.6. The van der Waals surface area contributed by atoms with E-state index in [9.17, 15) is 48.6 Å². The molecule has 0 saturated carbocycles. The smallest absolute Gasteiger partial charge is 0.326 e. The van der Waals surface area contributed by atoms with Gasteiger partial charge in [-0.25, -0.2) is 4.79 Å². The first-order chi connectivity index (χ1) is 19.1. The number of aliphatic carboxylic acids is 3. The predicted octanol–water partition coefficient (Wildman–Crippen LogP) is -5.46. The van der Waals surface area contributed by atoms with Crippen molar-refractivity contribution in [2.24, 2.45) is 11.5 Å². The van der Waals surface area contributed by atoms with Gasteiger partial charge >= 0.3 is 17.9 Å². The maximum Gasteiger partial charge on any atom is 0.326 e. The summed E-state index contributed by atoms with van der Waals surface area (Å²) < 4.78 is 0. The predicted molar refractivity (Wildman–Crippen MR) is 137 cm³/mol. The first-order valence-corrected chi connectivity index (χ1v) is 12.3. The van der Waals surface area contributed by atoms with Crippen molar-refractivity contribution in [1.29, 1.82) is 0 Å². The van der Waals surface area contributed by atoms with Crippen LogP contribution in [0.4, 0.5) is 0 Å². The number of carboxylic acid groups (broad SMARTS) is 3. The first-order valence-electron chi connectivity index (χ1n) is 12.3. The van der Waals surface area contributed by atoms with Gasteiger partial charge in [0.1, 0.15) is 24.2 Å². The Hall–Kier alpha value is -4.36. The van der Waals surface area contributed by atoms with Gasteiger partial charge in [0.15, 0.2) is 0 Å². The molecular formula is C22H37N7O12. The van der Waals surface area contributed by atoms with Crippen LogP contribution in [0.1, 0.15) is 39.0 Å². The van der Waals surface area contributed by atoms with E-state index < -0.39 is 104 Å². The van der Waals surface area contributed by atoms with E-state index in [1.165, 1.54) is 6.92 Å². The number of unbranched alkanes of at least 4 members (excludes halogenated alkanes) is 1. The molecule has 0 spiro atoms. The van der Waals surface area contributed by atoms with Crippen molar-refractivity contribution in [2.75, 3.05) is 19.7 Å². The van der Waals surface area contributed by atoms with Crippen LogP contribution in [0.25, 0.3) is 0 Å². The standard InChI is InChI=1S/C22H37N7O12/c1-10(24)18(36)27-13(7-17(34)35)20(38)29-14(9-30)21(39)28-12(6-16(32)33)19(37)25-8-15(31)26-11(22(40)41)4-2-3-5-23/h10-14,30H,2-9,23-24H2,1H3,(H,25,37)(H,26,31)(H,27,36)(H,28,39)(H,29,38)(H,32,33)(H,34,35)(H,40,41)/t10-,11+,12+,13+,14+/m1/s1. The highest BCUT2D eigenvalue weighted by atomic mass is 16.4. The minimum atomic E-state index is -1.82. The Morgan fingerprint density at radius 1 is 0.683 bits per heavy atom. The van der Waals surface area contributed by atoms with Crippen molar-refractivity contribution in [2.45, 2.75) is 69.2 Å². The zero-order valence-corrected chi connectivity index (χ0v) is 22.3. The molecule has 0 aliphatic rings. The molecule has 19 nitrogen and oxygen atoms in total. The number of carbonyl (C=O) groups is 8. The van der Waals surface area contributed by atoms with Crippen LogP contribution in [0.15, 0.2) is 0 Å². The van der Waals surface area contributed by atoms with Crippen molar-refractivity contribution in [3.05, 3.63) is 0 Å². The molecule has 0 aromatic carbocycles. The highest BCUT2D eigenvalue weighted by molar-refractivity contribution is 5.97. The fraction of sp³-hybridized carbons (Fsp3) is 0.636. The Labute approximate surface area is 233 Å². The molecule has 0 rings (SSSR count). The van der Waals surface area contributed by atoms with Gasteiger partial charge in [-0.05, 0) is 32.7 Å². The molecule has 13 N–H and O–H groups in total. The zero-order valence-electron chi connectivity index (χ0n) is 22.3. The van der Waals surface area contributed by atoms with Crippen molar-refractivity contribution in [3.63, 3.8) is 0 Å². The van der Waals surface area contributed by atoms with Gasteiger partial charge in [-0.1, -0.05) is 0 Å². The van der Waals surface area contributed by atoms with Crippen LogP contribution in [0.3, 0.4) is 0 Å². The molecule has 0 radical (unpaired) electrons. The molecule has 0 fully saturated rings. The third kappa shape index (κ3) is 15.1.